The molecule has 0 spiro atoms. The molecule has 0 radical (unpaired) electrons. The molecule has 0 bridgehead atoms. The van der Waals surface area contributed by atoms with Crippen molar-refractivity contribution >= 4 is 17.7 Å². The molecular weight excluding hydrogens is 334 g/mol. The predicted molar refractivity (Wildman–Crippen MR) is 96.2 cm³/mol. The molecule has 7 nitrogen and oxygen atoms in total. The van der Waals surface area contributed by atoms with E-state index >= 15 is 0 Å². The van der Waals surface area contributed by atoms with Gasteiger partial charge in [-0.2, -0.15) is 0 Å². The summed E-state index contributed by atoms with van der Waals surface area (Å²) in [5, 5.41) is 14.6. The van der Waals surface area contributed by atoms with E-state index in [1.165, 1.54) is 6.92 Å². The molecule has 1 aromatic rings. The van der Waals surface area contributed by atoms with E-state index in [9.17, 15) is 14.4 Å². The lowest BCUT2D eigenvalue weighted by Gasteiger charge is -2.18. The highest BCUT2D eigenvalue weighted by atomic mass is 16.5. The summed E-state index contributed by atoms with van der Waals surface area (Å²) in [7, 11) is 0. The summed E-state index contributed by atoms with van der Waals surface area (Å²) in [4.78, 5) is 35.7. The summed E-state index contributed by atoms with van der Waals surface area (Å²) >= 11 is 0. The molecule has 4 atom stereocenters. The minimum absolute atomic E-state index is 0.00965. The fraction of sp³-hybridized carbons (Fsp3) is 0.526. The average molecular weight is 361 g/mol. The van der Waals surface area contributed by atoms with E-state index in [1.807, 2.05) is 44.2 Å². The van der Waals surface area contributed by atoms with Gasteiger partial charge in [0, 0.05) is 25.2 Å². The van der Waals surface area contributed by atoms with Crippen molar-refractivity contribution in [3.63, 3.8) is 0 Å². The molecule has 3 amide bonds. The zero-order valence-electron chi connectivity index (χ0n) is 15.4. The van der Waals surface area contributed by atoms with E-state index in [4.69, 9.17) is 5.21 Å². The Morgan fingerprint density at radius 3 is 2.23 bits per heavy atom. The molecule has 1 aliphatic carbocycles. The maximum atomic E-state index is 12.7. The highest BCUT2D eigenvalue weighted by Gasteiger charge is 2.53. The highest BCUT2D eigenvalue weighted by Crippen LogP contribution is 2.41. The van der Waals surface area contributed by atoms with E-state index in [0.717, 1.165) is 5.56 Å². The normalized spacial score (nSPS) is 22.4. The molecule has 0 saturated heterocycles. The standard InChI is InChI=1S/C19H27N3O4/c1-11(2)9-14(10-15(24)22-26)19(25)21-18-16(17(18)20-12(3)23)13-7-5-4-6-8-13/h4-8,11,14,16-18,26H,9-10H2,1-3H3,(H,20,23)(H,21,25)(H,22,24)/t14?,16-,17+,18?/m1/s1. The molecule has 142 valence electrons. The molecule has 26 heavy (non-hydrogen) atoms. The lowest BCUT2D eigenvalue weighted by atomic mass is 9.93. The van der Waals surface area contributed by atoms with Gasteiger partial charge in [-0.3, -0.25) is 19.6 Å². The number of nitrogens with one attached hydrogen (secondary N) is 3. The zero-order valence-corrected chi connectivity index (χ0v) is 15.4. The molecule has 1 saturated carbocycles. The lowest BCUT2D eigenvalue weighted by molar-refractivity contribution is -0.135. The van der Waals surface area contributed by atoms with Gasteiger partial charge in [0.1, 0.15) is 0 Å². The quantitative estimate of drug-likeness (QED) is 0.414. The third kappa shape index (κ3) is 5.29. The Labute approximate surface area is 153 Å². The predicted octanol–water partition coefficient (Wildman–Crippen LogP) is 1.33. The van der Waals surface area contributed by atoms with Crippen molar-refractivity contribution in [2.24, 2.45) is 11.8 Å². The number of carbonyl (C=O) groups is 3. The first-order chi connectivity index (χ1) is 12.3. The van der Waals surface area contributed by atoms with E-state index in [1.54, 1.807) is 5.48 Å². The van der Waals surface area contributed by atoms with Gasteiger partial charge >= 0.3 is 0 Å². The Morgan fingerprint density at radius 2 is 1.69 bits per heavy atom. The highest BCUT2D eigenvalue weighted by molar-refractivity contribution is 5.86. The summed E-state index contributed by atoms with van der Waals surface area (Å²) in [6, 6.07) is 9.33. The number of benzene rings is 1. The van der Waals surface area contributed by atoms with Crippen molar-refractivity contribution in [3.8, 4) is 0 Å². The van der Waals surface area contributed by atoms with Gasteiger partial charge in [-0.15, -0.1) is 0 Å². The van der Waals surface area contributed by atoms with Gasteiger partial charge in [0.15, 0.2) is 0 Å². The molecule has 0 aliphatic heterocycles. The Hall–Kier alpha value is -2.41. The van der Waals surface area contributed by atoms with E-state index in [-0.39, 0.29) is 42.2 Å². The van der Waals surface area contributed by atoms with Gasteiger partial charge in [-0.25, -0.2) is 5.48 Å². The second-order valence-electron chi connectivity index (χ2n) is 7.26. The largest absolute Gasteiger partial charge is 0.351 e. The van der Waals surface area contributed by atoms with Gasteiger partial charge in [0.25, 0.3) is 0 Å². The van der Waals surface area contributed by atoms with Gasteiger partial charge in [-0.1, -0.05) is 44.2 Å². The molecule has 1 aromatic carbocycles. The number of rotatable bonds is 8. The first-order valence-electron chi connectivity index (χ1n) is 8.88. The SMILES string of the molecule is CC(=O)N[C@@H]1C(NC(=O)C(CC(=O)NO)CC(C)C)[C@@H]1c1ccccc1. The zero-order chi connectivity index (χ0) is 19.3. The molecule has 1 aliphatic rings. The molecule has 2 rings (SSSR count). The van der Waals surface area contributed by atoms with Crippen molar-refractivity contribution < 1.29 is 19.6 Å². The number of carbonyl (C=O) groups excluding carboxylic acids is 3. The maximum Gasteiger partial charge on any atom is 0.244 e. The Morgan fingerprint density at radius 1 is 1.08 bits per heavy atom. The van der Waals surface area contributed by atoms with E-state index < -0.39 is 11.8 Å². The van der Waals surface area contributed by atoms with Crippen LogP contribution in [0.5, 0.6) is 0 Å². The first kappa shape index (κ1) is 19.9. The van der Waals surface area contributed by atoms with Crippen LogP contribution in [-0.2, 0) is 14.4 Å². The van der Waals surface area contributed by atoms with Crippen LogP contribution in [0.15, 0.2) is 30.3 Å². The van der Waals surface area contributed by atoms with Crippen LogP contribution in [0.25, 0.3) is 0 Å². The summed E-state index contributed by atoms with van der Waals surface area (Å²) in [5.74, 6) is -1.26. The van der Waals surface area contributed by atoms with Gasteiger partial charge in [0.2, 0.25) is 17.7 Å². The summed E-state index contributed by atoms with van der Waals surface area (Å²) in [5.41, 5.74) is 2.63. The van der Waals surface area contributed by atoms with Crippen molar-refractivity contribution in [2.75, 3.05) is 0 Å². The Kier molecular flexibility index (Phi) is 6.74. The minimum Gasteiger partial charge on any atom is -0.351 e. The monoisotopic (exact) mass is 361 g/mol. The number of hydroxylamine groups is 1. The van der Waals surface area contributed by atoms with Crippen LogP contribution in [-0.4, -0.2) is 35.0 Å². The van der Waals surface area contributed by atoms with Crippen LogP contribution in [0.1, 0.15) is 45.1 Å². The summed E-state index contributed by atoms with van der Waals surface area (Å²) in [6.07, 6.45) is 0.459. The minimum atomic E-state index is -0.584. The average Bonchev–Trinajstić information content (AvgIpc) is 3.25. The molecule has 0 aromatic heterocycles. The lowest BCUT2D eigenvalue weighted by Crippen LogP contribution is -2.39. The number of amides is 3. The number of hydrogen-bond acceptors (Lipinski definition) is 4. The molecule has 0 heterocycles. The molecule has 1 fully saturated rings. The van der Waals surface area contributed by atoms with Gasteiger partial charge < -0.3 is 10.6 Å². The fourth-order valence-electron chi connectivity index (χ4n) is 3.40. The van der Waals surface area contributed by atoms with Gasteiger partial charge in [0.05, 0.1) is 12.1 Å². The fourth-order valence-corrected chi connectivity index (χ4v) is 3.40. The Bertz CT molecular complexity index is 647. The molecule has 2 unspecified atom stereocenters. The molecular formula is C19H27N3O4. The van der Waals surface area contributed by atoms with Crippen molar-refractivity contribution in [1.29, 1.82) is 0 Å². The molecule has 4 N–H and O–H groups in total. The van der Waals surface area contributed by atoms with Crippen molar-refractivity contribution in [3.05, 3.63) is 35.9 Å². The van der Waals surface area contributed by atoms with Gasteiger partial charge in [-0.05, 0) is 17.9 Å². The third-order valence-corrected chi connectivity index (χ3v) is 4.57. The van der Waals surface area contributed by atoms with Crippen LogP contribution in [0.2, 0.25) is 0 Å². The molecule has 7 heteroatoms. The van der Waals surface area contributed by atoms with Crippen LogP contribution in [0.3, 0.4) is 0 Å². The second kappa shape index (κ2) is 8.80. The third-order valence-electron chi connectivity index (χ3n) is 4.57. The van der Waals surface area contributed by atoms with Crippen LogP contribution >= 0.6 is 0 Å². The van der Waals surface area contributed by atoms with Crippen molar-refractivity contribution in [1.82, 2.24) is 16.1 Å². The van der Waals surface area contributed by atoms with E-state index in [2.05, 4.69) is 10.6 Å². The first-order valence-corrected chi connectivity index (χ1v) is 8.88. The van der Waals surface area contributed by atoms with Crippen LogP contribution in [0, 0.1) is 11.8 Å². The smallest absolute Gasteiger partial charge is 0.244 e. The maximum absolute atomic E-state index is 12.7. The second-order valence-corrected chi connectivity index (χ2v) is 7.26. The number of hydrogen-bond donors (Lipinski definition) is 4. The topological polar surface area (TPSA) is 108 Å². The van der Waals surface area contributed by atoms with Crippen LogP contribution < -0.4 is 16.1 Å². The summed E-state index contributed by atoms with van der Waals surface area (Å²) in [6.45, 7) is 5.40. The van der Waals surface area contributed by atoms with Crippen LogP contribution in [0.4, 0.5) is 0 Å². The Balaban J connectivity index is 2.08. The van der Waals surface area contributed by atoms with E-state index in [0.29, 0.717) is 6.42 Å². The summed E-state index contributed by atoms with van der Waals surface area (Å²) < 4.78 is 0. The van der Waals surface area contributed by atoms with Crippen molar-refractivity contribution in [2.45, 2.75) is 51.6 Å².